The number of carbonyl (C=O) groups excluding carboxylic acids is 1. The molecule has 1 aromatic heterocycles. The first kappa shape index (κ1) is 19.2. The molecule has 2 atom stereocenters. The molecule has 2 heterocycles. The van der Waals surface area contributed by atoms with Gasteiger partial charge in [-0.3, -0.25) is 0 Å². The zero-order valence-corrected chi connectivity index (χ0v) is 17.1. The van der Waals surface area contributed by atoms with Gasteiger partial charge < -0.3 is 18.6 Å². The van der Waals surface area contributed by atoms with E-state index in [1.54, 1.807) is 26.2 Å². The Kier molecular flexibility index (Phi) is 4.62. The van der Waals surface area contributed by atoms with Crippen LogP contribution in [0.5, 0.6) is 11.5 Å². The lowest BCUT2D eigenvalue weighted by Crippen LogP contribution is -2.32. The van der Waals surface area contributed by atoms with E-state index in [-0.39, 0.29) is 6.61 Å². The van der Waals surface area contributed by atoms with Crippen LogP contribution in [0.4, 0.5) is 0 Å². The maximum Gasteiger partial charge on any atom is 0.348 e. The second-order valence-corrected chi connectivity index (χ2v) is 7.30. The molecular weight excluding hydrogens is 396 g/mol. The maximum absolute atomic E-state index is 13.1. The normalized spacial score (nSPS) is 17.4. The summed E-state index contributed by atoms with van der Waals surface area (Å²) in [5, 5.41) is 2.39. The van der Waals surface area contributed by atoms with E-state index < -0.39 is 23.6 Å². The number of hydrogen-bond acceptors (Lipinski definition) is 6. The molecule has 6 heteroatoms. The number of rotatable bonds is 4. The van der Waals surface area contributed by atoms with Crippen LogP contribution < -0.4 is 15.1 Å². The van der Waals surface area contributed by atoms with Gasteiger partial charge in [-0.2, -0.15) is 0 Å². The summed E-state index contributed by atoms with van der Waals surface area (Å²) in [5.41, 5.74) is 0.988. The van der Waals surface area contributed by atoms with Gasteiger partial charge in [-0.25, -0.2) is 9.59 Å². The summed E-state index contributed by atoms with van der Waals surface area (Å²) in [6.45, 7) is 1.95. The molecule has 0 radical (unpaired) electrons. The first-order chi connectivity index (χ1) is 15.1. The van der Waals surface area contributed by atoms with E-state index in [1.807, 2.05) is 48.5 Å². The van der Waals surface area contributed by atoms with Gasteiger partial charge >= 0.3 is 11.6 Å². The van der Waals surface area contributed by atoms with Crippen molar-refractivity contribution in [2.24, 2.45) is 0 Å². The Morgan fingerprint density at radius 1 is 0.968 bits per heavy atom. The van der Waals surface area contributed by atoms with E-state index in [1.165, 1.54) is 0 Å². The fourth-order valence-corrected chi connectivity index (χ4v) is 4.35. The standard InChI is InChI=1S/C25H20O6/c1-3-29-25(27)23-20(16-12-13-18(28-2)15-9-5-4-8-14(15)16)21-22(31-23)17-10-6-7-11-19(17)30-24(21)26/h4-13,20,23H,3H2,1-2H3/t20-,23+/m1/s1. The molecular formula is C25H20O6. The molecule has 0 saturated heterocycles. The lowest BCUT2D eigenvalue weighted by Gasteiger charge is -2.20. The summed E-state index contributed by atoms with van der Waals surface area (Å²) in [7, 11) is 1.61. The average molecular weight is 416 g/mol. The SMILES string of the molecule is CCOC(=O)[C@H]1Oc2c(c(=O)oc3ccccc23)[C@H]1c1ccc(OC)c2ccccc12. The highest BCUT2D eigenvalue weighted by atomic mass is 16.6. The number of carbonyl (C=O) groups is 1. The molecule has 31 heavy (non-hydrogen) atoms. The van der Waals surface area contributed by atoms with Gasteiger partial charge in [0.25, 0.3) is 0 Å². The highest BCUT2D eigenvalue weighted by molar-refractivity contribution is 5.94. The van der Waals surface area contributed by atoms with Crippen molar-refractivity contribution in [3.63, 3.8) is 0 Å². The van der Waals surface area contributed by atoms with Gasteiger partial charge in [0.05, 0.1) is 30.6 Å². The minimum Gasteiger partial charge on any atom is -0.496 e. The van der Waals surface area contributed by atoms with Gasteiger partial charge in [-0.1, -0.05) is 42.5 Å². The van der Waals surface area contributed by atoms with Crippen LogP contribution >= 0.6 is 0 Å². The highest BCUT2D eigenvalue weighted by Gasteiger charge is 2.45. The summed E-state index contributed by atoms with van der Waals surface area (Å²) in [4.78, 5) is 26.0. The fourth-order valence-electron chi connectivity index (χ4n) is 4.35. The Balaban J connectivity index is 1.81. The molecule has 4 aromatic rings. The van der Waals surface area contributed by atoms with Crippen LogP contribution in [-0.4, -0.2) is 25.8 Å². The smallest absolute Gasteiger partial charge is 0.348 e. The van der Waals surface area contributed by atoms with E-state index in [9.17, 15) is 9.59 Å². The summed E-state index contributed by atoms with van der Waals surface area (Å²) >= 11 is 0. The Morgan fingerprint density at radius 2 is 1.68 bits per heavy atom. The zero-order chi connectivity index (χ0) is 21.5. The molecule has 3 aromatic carbocycles. The van der Waals surface area contributed by atoms with Crippen LogP contribution in [0.3, 0.4) is 0 Å². The van der Waals surface area contributed by atoms with E-state index in [2.05, 4.69) is 0 Å². The largest absolute Gasteiger partial charge is 0.496 e. The van der Waals surface area contributed by atoms with Crippen molar-refractivity contribution < 1.29 is 23.4 Å². The van der Waals surface area contributed by atoms with Gasteiger partial charge in [-0.15, -0.1) is 0 Å². The third-order valence-electron chi connectivity index (χ3n) is 5.65. The van der Waals surface area contributed by atoms with Crippen LogP contribution in [0.15, 0.2) is 69.9 Å². The lowest BCUT2D eigenvalue weighted by molar-refractivity contribution is -0.151. The number of hydrogen-bond donors (Lipinski definition) is 0. The average Bonchev–Trinajstić information content (AvgIpc) is 3.20. The quantitative estimate of drug-likeness (QED) is 0.362. The highest BCUT2D eigenvalue weighted by Crippen LogP contribution is 2.47. The van der Waals surface area contributed by atoms with E-state index >= 15 is 0 Å². The van der Waals surface area contributed by atoms with Crippen molar-refractivity contribution in [3.05, 3.63) is 82.2 Å². The molecule has 0 fully saturated rings. The maximum atomic E-state index is 13.1. The Bertz CT molecular complexity index is 1370. The molecule has 0 amide bonds. The minimum absolute atomic E-state index is 0.209. The number of esters is 1. The van der Waals surface area contributed by atoms with Gasteiger partial charge in [0, 0.05) is 5.39 Å². The predicted octanol–water partition coefficient (Wildman–Crippen LogP) is 4.41. The van der Waals surface area contributed by atoms with E-state index in [0.717, 1.165) is 16.3 Å². The van der Waals surface area contributed by atoms with Crippen molar-refractivity contribution in [2.45, 2.75) is 18.9 Å². The summed E-state index contributed by atoms with van der Waals surface area (Å²) in [6.07, 6.45) is -1.000. The van der Waals surface area contributed by atoms with E-state index in [0.29, 0.717) is 28.0 Å². The summed E-state index contributed by atoms with van der Waals surface area (Å²) in [5.74, 6) is -0.121. The third kappa shape index (κ3) is 2.94. The monoisotopic (exact) mass is 416 g/mol. The Hall–Kier alpha value is -3.80. The number of ether oxygens (including phenoxy) is 3. The van der Waals surface area contributed by atoms with Gasteiger partial charge in [0.15, 0.2) is 0 Å². The Labute approximate surface area is 178 Å². The molecule has 0 N–H and O–H groups in total. The van der Waals surface area contributed by atoms with Gasteiger partial charge in [0.1, 0.15) is 17.1 Å². The topological polar surface area (TPSA) is 75.0 Å². The second-order valence-electron chi connectivity index (χ2n) is 7.30. The number of methoxy groups -OCH3 is 1. The summed E-state index contributed by atoms with van der Waals surface area (Å²) in [6, 6.07) is 18.5. The number of para-hydroxylation sites is 1. The fraction of sp³-hybridized carbons (Fsp3) is 0.200. The first-order valence-corrected chi connectivity index (χ1v) is 10.1. The summed E-state index contributed by atoms with van der Waals surface area (Å²) < 4.78 is 22.5. The molecule has 1 aliphatic rings. The van der Waals surface area contributed by atoms with Crippen molar-refractivity contribution in [1.29, 1.82) is 0 Å². The number of fused-ring (bicyclic) bond motifs is 4. The molecule has 5 rings (SSSR count). The van der Waals surface area contributed by atoms with Crippen molar-refractivity contribution in [3.8, 4) is 11.5 Å². The van der Waals surface area contributed by atoms with E-state index in [4.69, 9.17) is 18.6 Å². The predicted molar refractivity (Wildman–Crippen MR) is 116 cm³/mol. The van der Waals surface area contributed by atoms with Gasteiger partial charge in [0.2, 0.25) is 6.10 Å². The molecule has 0 saturated carbocycles. The second kappa shape index (κ2) is 7.47. The molecule has 0 bridgehead atoms. The van der Waals surface area contributed by atoms with Crippen molar-refractivity contribution in [2.75, 3.05) is 13.7 Å². The van der Waals surface area contributed by atoms with Crippen LogP contribution in [0.25, 0.3) is 21.7 Å². The van der Waals surface area contributed by atoms with Crippen LogP contribution in [0, 0.1) is 0 Å². The first-order valence-electron chi connectivity index (χ1n) is 10.1. The molecule has 6 nitrogen and oxygen atoms in total. The molecule has 1 aliphatic heterocycles. The van der Waals surface area contributed by atoms with Crippen molar-refractivity contribution in [1.82, 2.24) is 0 Å². The zero-order valence-electron chi connectivity index (χ0n) is 17.1. The van der Waals surface area contributed by atoms with Crippen LogP contribution in [-0.2, 0) is 9.53 Å². The van der Waals surface area contributed by atoms with Crippen LogP contribution in [0.1, 0.15) is 24.0 Å². The molecule has 0 aliphatic carbocycles. The van der Waals surface area contributed by atoms with Gasteiger partial charge in [-0.05, 0) is 36.1 Å². The van der Waals surface area contributed by atoms with Crippen molar-refractivity contribution >= 4 is 27.7 Å². The minimum atomic E-state index is -1.000. The molecule has 0 spiro atoms. The number of benzene rings is 3. The molecule has 0 unspecified atom stereocenters. The molecule has 156 valence electrons. The third-order valence-corrected chi connectivity index (χ3v) is 5.65. The van der Waals surface area contributed by atoms with Crippen LogP contribution in [0.2, 0.25) is 0 Å². The lowest BCUT2D eigenvalue weighted by atomic mass is 9.85. The Morgan fingerprint density at radius 3 is 2.42 bits per heavy atom.